The minimum Gasteiger partial charge on any atom is -0.292 e. The van der Waals surface area contributed by atoms with Crippen molar-refractivity contribution < 1.29 is 9.72 Å². The molecule has 0 bridgehead atoms. The highest BCUT2D eigenvalue weighted by Crippen LogP contribution is 2.15. The zero-order chi connectivity index (χ0) is 12.1. The Labute approximate surface area is 99.6 Å². The highest BCUT2D eigenvalue weighted by molar-refractivity contribution is 9.19. The van der Waals surface area contributed by atoms with Crippen LogP contribution in [0, 0.1) is 10.1 Å². The normalized spacial score (nSPS) is 11.0. The maximum absolute atomic E-state index is 10.8. The number of hydrogen-bond acceptors (Lipinski definition) is 5. The van der Waals surface area contributed by atoms with Crippen molar-refractivity contribution >= 4 is 37.7 Å². The van der Waals surface area contributed by atoms with Crippen LogP contribution < -0.4 is 5.43 Å². The number of benzene rings is 1. The van der Waals surface area contributed by atoms with Crippen molar-refractivity contribution in [3.63, 3.8) is 0 Å². The Balaban J connectivity index is 2.73. The van der Waals surface area contributed by atoms with E-state index in [1.54, 1.807) is 0 Å². The van der Waals surface area contributed by atoms with Gasteiger partial charge in [-0.05, 0) is 28.1 Å². The second kappa shape index (κ2) is 5.36. The first-order valence-electron chi connectivity index (χ1n) is 4.25. The number of nitrogens with zero attached hydrogens (tertiary/aromatic N) is 2. The number of rotatable bonds is 4. The van der Waals surface area contributed by atoms with Crippen LogP contribution in [0.5, 0.6) is 0 Å². The molecule has 0 amide bonds. The van der Waals surface area contributed by atoms with Crippen LogP contribution in [0.2, 0.25) is 0 Å². The maximum atomic E-state index is 10.8. The van der Waals surface area contributed by atoms with E-state index in [1.807, 2.05) is 0 Å². The van der Waals surface area contributed by atoms with Crippen LogP contribution in [0.25, 0.3) is 0 Å². The minimum absolute atomic E-state index is 0.000151. The van der Waals surface area contributed by atoms with E-state index in [0.717, 1.165) is 0 Å². The number of Topliss-reactive ketones (excluding diaryl/α,β-unsaturated/α-hetero) is 1. The Morgan fingerprint density at radius 1 is 1.44 bits per heavy atom. The molecule has 0 saturated heterocycles. The van der Waals surface area contributed by atoms with Crippen LogP contribution in [0.15, 0.2) is 29.4 Å². The Morgan fingerprint density at radius 3 is 2.44 bits per heavy atom. The van der Waals surface area contributed by atoms with E-state index < -0.39 is 4.92 Å². The van der Waals surface area contributed by atoms with Crippen LogP contribution in [0.1, 0.15) is 6.92 Å². The first-order valence-corrected chi connectivity index (χ1v) is 5.04. The van der Waals surface area contributed by atoms with E-state index in [-0.39, 0.29) is 16.1 Å². The lowest BCUT2D eigenvalue weighted by molar-refractivity contribution is -0.384. The maximum Gasteiger partial charge on any atom is 0.269 e. The molecule has 0 aliphatic rings. The first kappa shape index (κ1) is 12.3. The third-order valence-electron chi connectivity index (χ3n) is 1.65. The minimum atomic E-state index is -0.488. The Hall–Kier alpha value is -1.76. The monoisotopic (exact) mass is 285 g/mol. The van der Waals surface area contributed by atoms with Crippen LogP contribution >= 0.6 is 15.9 Å². The van der Waals surface area contributed by atoms with Gasteiger partial charge in [0, 0.05) is 19.1 Å². The molecule has 0 spiro atoms. The number of hydrogen-bond donors (Lipinski definition) is 1. The Bertz CT molecular complexity index is 442. The van der Waals surface area contributed by atoms with Gasteiger partial charge in [-0.1, -0.05) is 0 Å². The van der Waals surface area contributed by atoms with Gasteiger partial charge in [0.25, 0.3) is 5.69 Å². The van der Waals surface area contributed by atoms with Crippen molar-refractivity contribution in [2.24, 2.45) is 5.10 Å². The van der Waals surface area contributed by atoms with Crippen LogP contribution in [-0.2, 0) is 4.79 Å². The van der Waals surface area contributed by atoms with E-state index >= 15 is 0 Å². The summed E-state index contributed by atoms with van der Waals surface area (Å²) < 4.78 is 0.158. The fourth-order valence-corrected chi connectivity index (χ4v) is 0.939. The summed E-state index contributed by atoms with van der Waals surface area (Å²) in [7, 11) is 0. The summed E-state index contributed by atoms with van der Waals surface area (Å²) in [6, 6.07) is 5.70. The topological polar surface area (TPSA) is 84.6 Å². The zero-order valence-electron chi connectivity index (χ0n) is 8.31. The highest BCUT2D eigenvalue weighted by Gasteiger charge is 2.04. The number of hydrazone groups is 1. The first-order chi connectivity index (χ1) is 7.50. The Morgan fingerprint density at radius 2 is 2.00 bits per heavy atom. The van der Waals surface area contributed by atoms with Gasteiger partial charge in [0.15, 0.2) is 10.4 Å². The summed E-state index contributed by atoms with van der Waals surface area (Å²) in [6.07, 6.45) is 0. The zero-order valence-corrected chi connectivity index (χ0v) is 9.89. The molecule has 0 saturated carbocycles. The van der Waals surface area contributed by atoms with E-state index in [0.29, 0.717) is 5.69 Å². The van der Waals surface area contributed by atoms with Gasteiger partial charge in [-0.25, -0.2) is 0 Å². The van der Waals surface area contributed by atoms with Gasteiger partial charge in [-0.3, -0.25) is 20.3 Å². The highest BCUT2D eigenvalue weighted by atomic mass is 79.9. The van der Waals surface area contributed by atoms with Gasteiger partial charge in [0.1, 0.15) is 0 Å². The predicted octanol–water partition coefficient (Wildman–Crippen LogP) is 2.30. The fourth-order valence-electron chi connectivity index (χ4n) is 0.850. The predicted molar refractivity (Wildman–Crippen MR) is 63.8 cm³/mol. The molecule has 0 unspecified atom stereocenters. The van der Waals surface area contributed by atoms with E-state index in [9.17, 15) is 14.9 Å². The molecule has 84 valence electrons. The SMILES string of the molecule is CC(=O)/C(Br)=N\Nc1ccc([N+](=O)[O-])cc1. The molecule has 0 aliphatic carbocycles. The summed E-state index contributed by atoms with van der Waals surface area (Å²) in [5, 5.41) is 14.1. The molecule has 1 rings (SSSR count). The van der Waals surface area contributed by atoms with Crippen LogP contribution in [-0.4, -0.2) is 15.3 Å². The van der Waals surface area contributed by atoms with Crippen molar-refractivity contribution in [2.75, 3.05) is 5.43 Å². The second-order valence-corrected chi connectivity index (χ2v) is 3.63. The van der Waals surface area contributed by atoms with Crippen LogP contribution in [0.4, 0.5) is 11.4 Å². The van der Waals surface area contributed by atoms with Crippen molar-refractivity contribution in [2.45, 2.75) is 6.92 Å². The lowest BCUT2D eigenvalue weighted by atomic mass is 10.3. The molecule has 0 heterocycles. The molecular formula is C9H8BrN3O3. The van der Waals surface area contributed by atoms with E-state index in [4.69, 9.17) is 0 Å². The summed E-state index contributed by atoms with van der Waals surface area (Å²) in [4.78, 5) is 20.7. The molecule has 1 aromatic rings. The van der Waals surface area contributed by atoms with Crippen LogP contribution in [0.3, 0.4) is 0 Å². The Kier molecular flexibility index (Phi) is 4.12. The molecule has 0 atom stereocenters. The lowest BCUT2D eigenvalue weighted by Crippen LogP contribution is -2.03. The number of carbonyl (C=O) groups is 1. The second-order valence-electron chi connectivity index (χ2n) is 2.87. The molecular weight excluding hydrogens is 278 g/mol. The third-order valence-corrected chi connectivity index (χ3v) is 2.39. The summed E-state index contributed by atoms with van der Waals surface area (Å²) in [5.41, 5.74) is 3.15. The summed E-state index contributed by atoms with van der Waals surface area (Å²) in [6.45, 7) is 1.37. The fraction of sp³-hybridized carbons (Fsp3) is 0.111. The molecule has 1 aromatic carbocycles. The number of nitro benzene ring substituents is 1. The summed E-state index contributed by atoms with van der Waals surface area (Å²) >= 11 is 2.97. The van der Waals surface area contributed by atoms with E-state index in [1.165, 1.54) is 31.2 Å². The molecule has 1 N–H and O–H groups in total. The number of non-ortho nitro benzene ring substituents is 1. The quantitative estimate of drug-likeness (QED) is 0.523. The van der Waals surface area contributed by atoms with Crippen molar-refractivity contribution in [1.29, 1.82) is 0 Å². The van der Waals surface area contributed by atoms with Crippen molar-refractivity contribution in [1.82, 2.24) is 0 Å². The van der Waals surface area contributed by atoms with Crippen molar-refractivity contribution in [3.05, 3.63) is 34.4 Å². The molecule has 7 heteroatoms. The smallest absolute Gasteiger partial charge is 0.269 e. The largest absolute Gasteiger partial charge is 0.292 e. The lowest BCUT2D eigenvalue weighted by Gasteiger charge is -1.99. The average Bonchev–Trinajstić information content (AvgIpc) is 2.26. The number of anilines is 1. The number of ketones is 1. The molecule has 16 heavy (non-hydrogen) atoms. The number of halogens is 1. The third kappa shape index (κ3) is 3.43. The standard InChI is InChI=1S/C9H8BrN3O3/c1-6(14)9(10)12-11-7-2-4-8(5-3-7)13(15)16/h2-5,11H,1H3/b12-9+. The number of nitro groups is 1. The van der Waals surface area contributed by atoms with Gasteiger partial charge < -0.3 is 0 Å². The molecule has 0 radical (unpaired) electrons. The van der Waals surface area contributed by atoms with Gasteiger partial charge in [0.05, 0.1) is 10.6 Å². The van der Waals surface area contributed by atoms with Gasteiger partial charge in [0.2, 0.25) is 0 Å². The number of carbonyl (C=O) groups excluding carboxylic acids is 1. The van der Waals surface area contributed by atoms with Gasteiger partial charge in [-0.2, -0.15) is 5.10 Å². The molecule has 0 aromatic heterocycles. The molecule has 0 aliphatic heterocycles. The van der Waals surface area contributed by atoms with Gasteiger partial charge >= 0.3 is 0 Å². The average molecular weight is 286 g/mol. The molecule has 6 nitrogen and oxygen atoms in total. The van der Waals surface area contributed by atoms with Crippen molar-refractivity contribution in [3.8, 4) is 0 Å². The summed E-state index contributed by atoms with van der Waals surface area (Å²) in [5.74, 6) is -0.214. The van der Waals surface area contributed by atoms with Gasteiger partial charge in [-0.15, -0.1) is 0 Å². The molecule has 0 fully saturated rings. The number of nitrogens with one attached hydrogen (secondary N) is 1. The van der Waals surface area contributed by atoms with E-state index in [2.05, 4.69) is 26.5 Å².